The van der Waals surface area contributed by atoms with Gasteiger partial charge in [-0.2, -0.15) is 0 Å². The van der Waals surface area contributed by atoms with Gasteiger partial charge in [-0.05, 0) is 25.2 Å². The molecule has 0 aromatic rings. The maximum Gasteiger partial charge on any atom is 0.254 e. The number of hydrogen-bond donors (Lipinski definition) is 0. The standard InChI is InChI=1S/C13H21NO2/c1-6-13(5,9-12(2,3)4)14-10(15)7-8-11(14)16/h7-8H,6,9H2,1-5H3. The number of rotatable bonds is 3. The van der Waals surface area contributed by atoms with Crippen LogP contribution in [0.15, 0.2) is 12.2 Å². The first-order chi connectivity index (χ1) is 7.19. The molecule has 0 aromatic carbocycles. The molecule has 0 radical (unpaired) electrons. The first-order valence-corrected chi connectivity index (χ1v) is 5.76. The Kier molecular flexibility index (Phi) is 3.27. The Balaban J connectivity index is 2.97. The molecule has 16 heavy (non-hydrogen) atoms. The van der Waals surface area contributed by atoms with Crippen molar-refractivity contribution in [2.24, 2.45) is 5.41 Å². The minimum atomic E-state index is -0.379. The minimum Gasteiger partial charge on any atom is -0.269 e. The second-order valence-electron chi connectivity index (χ2n) is 5.93. The molecule has 1 unspecified atom stereocenters. The third kappa shape index (κ3) is 2.52. The van der Waals surface area contributed by atoms with Gasteiger partial charge in [-0.15, -0.1) is 0 Å². The van der Waals surface area contributed by atoms with Crippen molar-refractivity contribution in [3.63, 3.8) is 0 Å². The van der Waals surface area contributed by atoms with Gasteiger partial charge in [-0.25, -0.2) is 0 Å². The fraction of sp³-hybridized carbons (Fsp3) is 0.692. The van der Waals surface area contributed by atoms with Crippen LogP contribution in [-0.2, 0) is 9.59 Å². The molecule has 1 atom stereocenters. The Morgan fingerprint density at radius 2 is 1.50 bits per heavy atom. The average Bonchev–Trinajstić information content (AvgIpc) is 2.43. The van der Waals surface area contributed by atoms with Gasteiger partial charge in [0.25, 0.3) is 11.8 Å². The Labute approximate surface area is 97.5 Å². The van der Waals surface area contributed by atoms with Crippen LogP contribution in [0.1, 0.15) is 47.5 Å². The number of carbonyl (C=O) groups excluding carboxylic acids is 2. The second-order valence-corrected chi connectivity index (χ2v) is 5.93. The summed E-state index contributed by atoms with van der Waals surface area (Å²) in [6, 6.07) is 0. The average molecular weight is 223 g/mol. The predicted octanol–water partition coefficient (Wildman–Crippen LogP) is 2.52. The largest absolute Gasteiger partial charge is 0.269 e. The van der Waals surface area contributed by atoms with Crippen LogP contribution in [0.3, 0.4) is 0 Å². The molecular formula is C13H21NO2. The van der Waals surface area contributed by atoms with Crippen molar-refractivity contribution in [2.45, 2.75) is 53.0 Å². The van der Waals surface area contributed by atoms with Crippen LogP contribution in [0.25, 0.3) is 0 Å². The molecule has 0 N–H and O–H groups in total. The minimum absolute atomic E-state index is 0.0912. The summed E-state index contributed by atoms with van der Waals surface area (Å²) in [6.45, 7) is 10.4. The molecule has 3 nitrogen and oxygen atoms in total. The third-order valence-electron chi connectivity index (χ3n) is 3.02. The van der Waals surface area contributed by atoms with Crippen LogP contribution < -0.4 is 0 Å². The summed E-state index contributed by atoms with van der Waals surface area (Å²) in [7, 11) is 0. The Morgan fingerprint density at radius 3 is 1.81 bits per heavy atom. The van der Waals surface area contributed by atoms with Crippen LogP contribution in [0.2, 0.25) is 0 Å². The number of carbonyl (C=O) groups is 2. The van der Waals surface area contributed by atoms with Crippen LogP contribution in [-0.4, -0.2) is 22.3 Å². The van der Waals surface area contributed by atoms with Crippen molar-refractivity contribution in [2.75, 3.05) is 0 Å². The van der Waals surface area contributed by atoms with E-state index in [1.165, 1.54) is 17.1 Å². The predicted molar refractivity (Wildman–Crippen MR) is 63.8 cm³/mol. The Bertz CT molecular complexity index is 320. The summed E-state index contributed by atoms with van der Waals surface area (Å²) in [5, 5.41) is 0. The molecule has 0 bridgehead atoms. The Hall–Kier alpha value is -1.12. The topological polar surface area (TPSA) is 37.4 Å². The lowest BCUT2D eigenvalue weighted by Gasteiger charge is -2.41. The van der Waals surface area contributed by atoms with Crippen LogP contribution in [0.4, 0.5) is 0 Å². The lowest BCUT2D eigenvalue weighted by atomic mass is 9.78. The van der Waals surface area contributed by atoms with E-state index in [1.54, 1.807) is 0 Å². The SMILES string of the molecule is CCC(C)(CC(C)(C)C)N1C(=O)C=CC1=O. The van der Waals surface area contributed by atoms with Gasteiger partial charge in [0.1, 0.15) is 0 Å². The lowest BCUT2D eigenvalue weighted by Crippen LogP contribution is -2.51. The second kappa shape index (κ2) is 4.04. The van der Waals surface area contributed by atoms with Gasteiger partial charge in [-0.3, -0.25) is 14.5 Å². The maximum absolute atomic E-state index is 11.7. The zero-order valence-corrected chi connectivity index (χ0v) is 10.8. The van der Waals surface area contributed by atoms with Crippen molar-refractivity contribution >= 4 is 11.8 Å². The fourth-order valence-corrected chi connectivity index (χ4v) is 2.44. The quantitative estimate of drug-likeness (QED) is 0.689. The molecule has 0 saturated carbocycles. The normalized spacial score (nSPS) is 20.4. The van der Waals surface area contributed by atoms with Crippen LogP contribution in [0.5, 0.6) is 0 Å². The first-order valence-electron chi connectivity index (χ1n) is 5.76. The van der Waals surface area contributed by atoms with E-state index < -0.39 is 0 Å². The summed E-state index contributed by atoms with van der Waals surface area (Å²) in [4.78, 5) is 24.8. The number of amides is 2. The first kappa shape index (κ1) is 12.9. The zero-order chi connectivity index (χ0) is 12.6. The summed E-state index contributed by atoms with van der Waals surface area (Å²) in [6.07, 6.45) is 4.32. The zero-order valence-electron chi connectivity index (χ0n) is 10.8. The van der Waals surface area contributed by atoms with Crippen molar-refractivity contribution in [1.29, 1.82) is 0 Å². The lowest BCUT2D eigenvalue weighted by molar-refractivity contribution is -0.144. The number of imide groups is 1. The highest BCUT2D eigenvalue weighted by atomic mass is 16.2. The highest BCUT2D eigenvalue weighted by Crippen LogP contribution is 2.35. The molecule has 1 aliphatic rings. The van der Waals surface area contributed by atoms with E-state index in [0.717, 1.165) is 12.8 Å². The van der Waals surface area contributed by atoms with E-state index in [-0.39, 0.29) is 22.8 Å². The van der Waals surface area contributed by atoms with Gasteiger partial charge in [0, 0.05) is 17.7 Å². The molecule has 90 valence electrons. The monoisotopic (exact) mass is 223 g/mol. The molecule has 1 aliphatic heterocycles. The molecular weight excluding hydrogens is 202 g/mol. The van der Waals surface area contributed by atoms with Crippen molar-refractivity contribution in [1.82, 2.24) is 4.90 Å². The highest BCUT2D eigenvalue weighted by Gasteiger charge is 2.41. The summed E-state index contributed by atoms with van der Waals surface area (Å²) < 4.78 is 0. The number of nitrogens with zero attached hydrogens (tertiary/aromatic N) is 1. The van der Waals surface area contributed by atoms with E-state index in [2.05, 4.69) is 20.8 Å². The van der Waals surface area contributed by atoms with Gasteiger partial charge < -0.3 is 0 Å². The van der Waals surface area contributed by atoms with Gasteiger partial charge in [0.05, 0.1) is 0 Å². The molecule has 0 spiro atoms. The van der Waals surface area contributed by atoms with E-state index in [0.29, 0.717) is 0 Å². The van der Waals surface area contributed by atoms with Crippen molar-refractivity contribution in [3.05, 3.63) is 12.2 Å². The summed E-state index contributed by atoms with van der Waals surface area (Å²) >= 11 is 0. The molecule has 0 aliphatic carbocycles. The van der Waals surface area contributed by atoms with Gasteiger partial charge in [0.15, 0.2) is 0 Å². The maximum atomic E-state index is 11.7. The molecule has 1 rings (SSSR count). The summed E-state index contributed by atoms with van der Waals surface area (Å²) in [5.74, 6) is -0.364. The van der Waals surface area contributed by atoms with Gasteiger partial charge in [-0.1, -0.05) is 27.7 Å². The highest BCUT2D eigenvalue weighted by molar-refractivity contribution is 6.13. The molecule has 2 amide bonds. The van der Waals surface area contributed by atoms with Crippen LogP contribution >= 0.6 is 0 Å². The molecule has 0 fully saturated rings. The van der Waals surface area contributed by atoms with Crippen molar-refractivity contribution in [3.8, 4) is 0 Å². The Morgan fingerprint density at radius 1 is 1.06 bits per heavy atom. The van der Waals surface area contributed by atoms with Gasteiger partial charge in [0.2, 0.25) is 0 Å². The summed E-state index contributed by atoms with van der Waals surface area (Å²) in [5.41, 5.74) is -0.288. The molecule has 1 heterocycles. The molecule has 0 aromatic heterocycles. The van der Waals surface area contributed by atoms with E-state index >= 15 is 0 Å². The van der Waals surface area contributed by atoms with E-state index in [9.17, 15) is 9.59 Å². The number of hydrogen-bond acceptors (Lipinski definition) is 2. The van der Waals surface area contributed by atoms with E-state index in [4.69, 9.17) is 0 Å². The molecule has 0 saturated heterocycles. The molecule has 3 heteroatoms. The van der Waals surface area contributed by atoms with Gasteiger partial charge >= 0.3 is 0 Å². The fourth-order valence-electron chi connectivity index (χ4n) is 2.44. The third-order valence-corrected chi connectivity index (χ3v) is 3.02. The van der Waals surface area contributed by atoms with E-state index in [1.807, 2.05) is 13.8 Å². The van der Waals surface area contributed by atoms with Crippen molar-refractivity contribution < 1.29 is 9.59 Å². The van der Waals surface area contributed by atoms with Crippen LogP contribution in [0, 0.1) is 5.41 Å². The smallest absolute Gasteiger partial charge is 0.254 e.